The van der Waals surface area contributed by atoms with Crippen molar-refractivity contribution in [1.82, 2.24) is 30.8 Å². The summed E-state index contributed by atoms with van der Waals surface area (Å²) in [6, 6.07) is 79.0. The molecule has 0 aliphatic heterocycles. The van der Waals surface area contributed by atoms with E-state index >= 15 is 0 Å². The minimum Gasteiger partial charge on any atom is -0.456 e. The van der Waals surface area contributed by atoms with Crippen LogP contribution in [0, 0.1) is 0 Å². The number of nitrogens with zero attached hydrogens (tertiary/aromatic N) is 6. The van der Waals surface area contributed by atoms with E-state index in [2.05, 4.69) is 174 Å². The van der Waals surface area contributed by atoms with Crippen LogP contribution in [0.25, 0.3) is 123 Å². The largest absolute Gasteiger partial charge is 0.456 e. The minimum atomic E-state index is 0.605. The van der Waals surface area contributed by atoms with Crippen molar-refractivity contribution >= 4 is 21.9 Å². The molecule has 9 aromatic carbocycles. The Labute approximate surface area is 386 Å². The summed E-state index contributed by atoms with van der Waals surface area (Å²) in [5.41, 5.74) is 17.0. The molecule has 0 radical (unpaired) electrons. The van der Waals surface area contributed by atoms with Crippen LogP contribution >= 0.6 is 0 Å². The molecule has 3 aromatic heterocycles. The van der Waals surface area contributed by atoms with E-state index in [1.54, 1.807) is 0 Å². The lowest BCUT2D eigenvalue weighted by Crippen LogP contribution is -2.06. The summed E-state index contributed by atoms with van der Waals surface area (Å²) in [5.74, 6) is 0. The Kier molecular flexibility index (Phi) is 10.0. The third-order valence-corrected chi connectivity index (χ3v) is 12.4. The van der Waals surface area contributed by atoms with Gasteiger partial charge in [-0.15, -0.1) is 20.4 Å². The second kappa shape index (κ2) is 17.1. The van der Waals surface area contributed by atoms with E-state index in [0.717, 1.165) is 94.2 Å². The van der Waals surface area contributed by atoms with Gasteiger partial charge in [0.15, 0.2) is 0 Å². The maximum Gasteiger partial charge on any atom is 0.136 e. The molecule has 12 aromatic rings. The minimum absolute atomic E-state index is 0.605. The predicted octanol–water partition coefficient (Wildman–Crippen LogP) is 15.0. The van der Waals surface area contributed by atoms with Gasteiger partial charge >= 0.3 is 0 Å². The summed E-state index contributed by atoms with van der Waals surface area (Å²) >= 11 is 0. The summed E-state index contributed by atoms with van der Waals surface area (Å²) in [6.45, 7) is 0. The molecule has 0 aliphatic rings. The van der Waals surface area contributed by atoms with Crippen LogP contribution in [0.3, 0.4) is 0 Å². The van der Waals surface area contributed by atoms with Gasteiger partial charge in [-0.1, -0.05) is 218 Å². The highest BCUT2D eigenvalue weighted by Gasteiger charge is 2.31. The summed E-state index contributed by atoms with van der Waals surface area (Å²) in [7, 11) is 0. The quantitative estimate of drug-likeness (QED) is 0.143. The first-order valence-electron chi connectivity index (χ1n) is 22.2. The van der Waals surface area contributed by atoms with E-state index in [0.29, 0.717) is 28.4 Å². The second-order valence-electron chi connectivity index (χ2n) is 16.3. The Bertz CT molecular complexity index is 3730. The molecular weight excluding hydrogens is 821 g/mol. The molecule has 0 fully saturated rings. The normalized spacial score (nSPS) is 11.3. The predicted molar refractivity (Wildman–Crippen MR) is 269 cm³/mol. The number of aromatic nitrogens is 6. The van der Waals surface area contributed by atoms with Gasteiger partial charge in [-0.3, -0.25) is 0 Å². The molecule has 0 saturated carbocycles. The zero-order chi connectivity index (χ0) is 44.5. The van der Waals surface area contributed by atoms with Crippen molar-refractivity contribution in [2.75, 3.05) is 0 Å². The van der Waals surface area contributed by atoms with Crippen molar-refractivity contribution in [2.45, 2.75) is 0 Å². The molecule has 0 amide bonds. The third kappa shape index (κ3) is 7.03. The third-order valence-electron chi connectivity index (χ3n) is 12.4. The van der Waals surface area contributed by atoms with Crippen molar-refractivity contribution < 1.29 is 4.42 Å². The fourth-order valence-corrected chi connectivity index (χ4v) is 9.47. The lowest BCUT2D eigenvalue weighted by molar-refractivity contribution is 0.669. The fourth-order valence-electron chi connectivity index (χ4n) is 9.47. The van der Waals surface area contributed by atoms with Crippen molar-refractivity contribution in [3.05, 3.63) is 231 Å². The highest BCUT2D eigenvalue weighted by molar-refractivity contribution is 6.20. The Balaban J connectivity index is 1.30. The van der Waals surface area contributed by atoms with Crippen LogP contribution in [-0.2, 0) is 0 Å². The highest BCUT2D eigenvalue weighted by Crippen LogP contribution is 2.53. The number of benzene rings is 9. The molecule has 12 rings (SSSR count). The summed E-state index contributed by atoms with van der Waals surface area (Å²) < 4.78 is 6.89. The van der Waals surface area contributed by atoms with Crippen LogP contribution in [0.2, 0.25) is 0 Å². The van der Waals surface area contributed by atoms with E-state index in [-0.39, 0.29) is 0 Å². The molecule has 0 atom stereocenters. The van der Waals surface area contributed by atoms with Crippen LogP contribution in [0.4, 0.5) is 0 Å². The topological polar surface area (TPSA) is 90.5 Å². The first-order valence-corrected chi connectivity index (χ1v) is 22.2. The van der Waals surface area contributed by atoms with E-state index in [1.165, 1.54) is 0 Å². The van der Waals surface area contributed by atoms with Gasteiger partial charge in [0, 0.05) is 49.7 Å². The van der Waals surface area contributed by atoms with E-state index in [1.807, 2.05) is 66.7 Å². The zero-order valence-corrected chi connectivity index (χ0v) is 36.0. The average molecular weight is 859 g/mol. The Morgan fingerprint density at radius 2 is 0.642 bits per heavy atom. The Morgan fingerprint density at radius 3 is 1.16 bits per heavy atom. The molecule has 0 aliphatic carbocycles. The second-order valence-corrected chi connectivity index (χ2v) is 16.3. The van der Waals surface area contributed by atoms with Gasteiger partial charge in [-0.05, 0) is 61.5 Å². The first-order chi connectivity index (χ1) is 33.3. The zero-order valence-electron chi connectivity index (χ0n) is 36.0. The van der Waals surface area contributed by atoms with Gasteiger partial charge in [0.05, 0.1) is 0 Å². The Hall–Kier alpha value is -9.20. The van der Waals surface area contributed by atoms with Crippen molar-refractivity contribution in [3.8, 4) is 101 Å². The van der Waals surface area contributed by atoms with Crippen molar-refractivity contribution in [3.63, 3.8) is 0 Å². The monoisotopic (exact) mass is 858 g/mol. The summed E-state index contributed by atoms with van der Waals surface area (Å²) in [4.78, 5) is 0. The number of rotatable bonds is 9. The molecule has 0 N–H and O–H groups in total. The van der Waals surface area contributed by atoms with Crippen molar-refractivity contribution in [2.24, 2.45) is 0 Å². The molecule has 7 heteroatoms. The van der Waals surface area contributed by atoms with Gasteiger partial charge in [0.25, 0.3) is 0 Å². The lowest BCUT2D eigenvalue weighted by Gasteiger charge is -2.22. The first kappa shape index (κ1) is 39.4. The number of hydrogen-bond acceptors (Lipinski definition) is 7. The van der Waals surface area contributed by atoms with E-state index < -0.39 is 0 Å². The Morgan fingerprint density at radius 1 is 0.254 bits per heavy atom. The summed E-state index contributed by atoms with van der Waals surface area (Å²) in [6.07, 6.45) is 0. The van der Waals surface area contributed by atoms with Crippen LogP contribution < -0.4 is 0 Å². The number of para-hydroxylation sites is 1. The maximum atomic E-state index is 6.89. The maximum absolute atomic E-state index is 6.89. The van der Waals surface area contributed by atoms with Crippen LogP contribution in [0.1, 0.15) is 0 Å². The van der Waals surface area contributed by atoms with Crippen molar-refractivity contribution in [1.29, 1.82) is 0 Å². The molecule has 7 nitrogen and oxygen atoms in total. The average Bonchev–Trinajstić information content (AvgIpc) is 3.79. The fraction of sp³-hybridized carbons (Fsp3) is 0. The number of furan rings is 1. The van der Waals surface area contributed by atoms with Crippen LogP contribution in [0.5, 0.6) is 0 Å². The standard InChI is InChI=1S/C60H38N6O/c1-6-22-39(23-7-1)44-32-16-18-34-46(44)55-57(42-28-12-4-13-29-42)61-65-63-59(55)49-38-51-53(48-36-20-21-37-50(48)67-51)52(41-26-10-3-11-27-41)54(49)60-56(58(62-66-64-60)43-30-14-5-15-31-43)47-35-19-17-33-45(47)40-24-8-2-9-25-40/h1-38H. The molecular formula is C60H38N6O. The van der Waals surface area contributed by atoms with Gasteiger partial charge in [-0.2, -0.15) is 0 Å². The summed E-state index contributed by atoms with van der Waals surface area (Å²) in [5, 5.41) is 31.2. The van der Waals surface area contributed by atoms with E-state index in [4.69, 9.17) is 24.8 Å². The van der Waals surface area contributed by atoms with Gasteiger partial charge < -0.3 is 4.42 Å². The smallest absolute Gasteiger partial charge is 0.136 e. The molecule has 314 valence electrons. The SMILES string of the molecule is c1ccc(-c2ccccc2-c2c(-c3ccccc3)nnnc2-c2cc3oc4ccccc4c3c(-c3ccccc3)c2-c2nnnc(-c3ccccc3)c2-c2ccccc2-c2ccccc2)cc1. The number of fused-ring (bicyclic) bond motifs is 3. The lowest BCUT2D eigenvalue weighted by atomic mass is 9.82. The molecule has 0 bridgehead atoms. The highest BCUT2D eigenvalue weighted by atomic mass is 16.3. The molecule has 0 spiro atoms. The van der Waals surface area contributed by atoms with E-state index in [9.17, 15) is 0 Å². The number of hydrogen-bond donors (Lipinski definition) is 0. The van der Waals surface area contributed by atoms with Gasteiger partial charge in [0.1, 0.15) is 33.9 Å². The van der Waals surface area contributed by atoms with Crippen LogP contribution in [-0.4, -0.2) is 30.8 Å². The molecule has 3 heterocycles. The van der Waals surface area contributed by atoms with Crippen LogP contribution in [0.15, 0.2) is 235 Å². The molecule has 0 saturated heterocycles. The molecule has 0 unspecified atom stereocenters. The van der Waals surface area contributed by atoms with Gasteiger partial charge in [-0.25, -0.2) is 0 Å². The van der Waals surface area contributed by atoms with Gasteiger partial charge in [0.2, 0.25) is 0 Å². The molecule has 67 heavy (non-hydrogen) atoms.